The molecule has 0 aromatic carbocycles. The number of unbranched alkanes of at least 4 members (excludes halogenated alkanes) is 27. The lowest BCUT2D eigenvalue weighted by Gasteiger charge is -2.14. The molecule has 1 rings (SSSR count). The molecular formula is C44H84. The minimum Gasteiger partial charge on any atom is -0.0654 e. The van der Waals surface area contributed by atoms with Crippen molar-refractivity contribution >= 4 is 0 Å². The largest absolute Gasteiger partial charge is 0.0654 e. The van der Waals surface area contributed by atoms with Crippen molar-refractivity contribution < 1.29 is 0 Å². The van der Waals surface area contributed by atoms with Gasteiger partial charge in [0, 0.05) is 0 Å². The molecule has 0 atom stereocenters. The van der Waals surface area contributed by atoms with Gasteiger partial charge in [-0.25, -0.2) is 0 Å². The molecule has 1 aliphatic carbocycles. The van der Waals surface area contributed by atoms with Crippen molar-refractivity contribution in [3.63, 3.8) is 0 Å². The quantitative estimate of drug-likeness (QED) is 0.0624. The Hall–Kier alpha value is -0.520. The maximum Gasteiger partial charge on any atom is -0.00966 e. The Balaban J connectivity index is 2.73. The molecule has 0 aromatic rings. The monoisotopic (exact) mass is 613 g/mol. The smallest absolute Gasteiger partial charge is 0.00966 e. The van der Waals surface area contributed by atoms with Crippen LogP contribution in [0.25, 0.3) is 0 Å². The lowest BCUT2D eigenvalue weighted by molar-refractivity contribution is 0.561. The highest BCUT2D eigenvalue weighted by Crippen LogP contribution is 2.42. The molecule has 0 heterocycles. The van der Waals surface area contributed by atoms with E-state index in [4.69, 9.17) is 0 Å². The summed E-state index contributed by atoms with van der Waals surface area (Å²) in [4.78, 5) is 0. The zero-order valence-electron chi connectivity index (χ0n) is 31.5. The van der Waals surface area contributed by atoms with Crippen LogP contribution in [0.3, 0.4) is 0 Å². The second kappa shape index (κ2) is 32.4. The van der Waals surface area contributed by atoms with Crippen LogP contribution in [0.15, 0.2) is 22.3 Å². The van der Waals surface area contributed by atoms with E-state index in [-0.39, 0.29) is 0 Å². The Morgan fingerprint density at radius 1 is 0.250 bits per heavy atom. The van der Waals surface area contributed by atoms with Crippen LogP contribution in [0, 0.1) is 0 Å². The Labute approximate surface area is 280 Å². The summed E-state index contributed by atoms with van der Waals surface area (Å²) < 4.78 is 0. The molecular weight excluding hydrogens is 528 g/mol. The molecule has 260 valence electrons. The fourth-order valence-electron chi connectivity index (χ4n) is 7.67. The van der Waals surface area contributed by atoms with Gasteiger partial charge < -0.3 is 0 Å². The SMILES string of the molecule is CCCCCCCCCCCC1=C(CCCCCCCCCC)C(CCCCCCCCC)=C(CCCCCCCCC)C1. The molecule has 0 spiro atoms. The summed E-state index contributed by atoms with van der Waals surface area (Å²) in [5, 5.41) is 0. The first-order valence-electron chi connectivity index (χ1n) is 21.2. The van der Waals surface area contributed by atoms with Crippen molar-refractivity contribution in [1.82, 2.24) is 0 Å². The molecule has 0 aliphatic heterocycles. The average molecular weight is 613 g/mol. The first-order chi connectivity index (χ1) is 21.8. The lowest BCUT2D eigenvalue weighted by Crippen LogP contribution is -1.95. The van der Waals surface area contributed by atoms with Crippen LogP contribution in [-0.2, 0) is 0 Å². The molecule has 0 saturated heterocycles. The zero-order valence-corrected chi connectivity index (χ0v) is 31.5. The predicted octanol–water partition coefficient (Wildman–Crippen LogP) is 16.7. The molecule has 44 heavy (non-hydrogen) atoms. The van der Waals surface area contributed by atoms with Crippen LogP contribution in [0.4, 0.5) is 0 Å². The van der Waals surface area contributed by atoms with Gasteiger partial charge >= 0.3 is 0 Å². The average Bonchev–Trinajstić information content (AvgIpc) is 3.36. The first kappa shape index (κ1) is 41.5. The van der Waals surface area contributed by atoms with E-state index in [1.807, 2.05) is 22.3 Å². The standard InChI is InChI=1S/C44H84/c1-5-9-13-17-21-23-26-29-33-37-42-40-41(36-32-28-24-19-15-11-7-3)43(38-34-30-25-20-16-12-8-4)44(42)39-35-31-27-22-18-14-10-6-2/h5-40H2,1-4H3. The number of hydrogen-bond donors (Lipinski definition) is 0. The fraction of sp³-hybridized carbons (Fsp3) is 0.909. The van der Waals surface area contributed by atoms with Crippen molar-refractivity contribution in [3.8, 4) is 0 Å². The van der Waals surface area contributed by atoms with Crippen LogP contribution >= 0.6 is 0 Å². The van der Waals surface area contributed by atoms with Crippen LogP contribution in [0.5, 0.6) is 0 Å². The van der Waals surface area contributed by atoms with E-state index in [9.17, 15) is 0 Å². The third kappa shape index (κ3) is 22.9. The Bertz CT molecular complexity index is 664. The highest BCUT2D eigenvalue weighted by molar-refractivity contribution is 5.47. The van der Waals surface area contributed by atoms with Crippen molar-refractivity contribution in [2.45, 2.75) is 259 Å². The lowest BCUT2D eigenvalue weighted by atomic mass is 9.91. The van der Waals surface area contributed by atoms with Gasteiger partial charge in [0.2, 0.25) is 0 Å². The summed E-state index contributed by atoms with van der Waals surface area (Å²) in [7, 11) is 0. The highest BCUT2D eigenvalue weighted by Gasteiger charge is 2.23. The molecule has 0 radical (unpaired) electrons. The highest BCUT2D eigenvalue weighted by atomic mass is 14.3. The van der Waals surface area contributed by atoms with Gasteiger partial charge in [0.25, 0.3) is 0 Å². The van der Waals surface area contributed by atoms with Crippen LogP contribution in [0.2, 0.25) is 0 Å². The third-order valence-electron chi connectivity index (χ3n) is 10.6. The molecule has 0 aromatic heterocycles. The molecule has 0 N–H and O–H groups in total. The predicted molar refractivity (Wildman–Crippen MR) is 203 cm³/mol. The Morgan fingerprint density at radius 2 is 0.455 bits per heavy atom. The molecule has 0 nitrogen and oxygen atoms in total. The second-order valence-corrected chi connectivity index (χ2v) is 14.9. The second-order valence-electron chi connectivity index (χ2n) is 14.9. The summed E-state index contributed by atoms with van der Waals surface area (Å²) in [6, 6.07) is 0. The normalized spacial score (nSPS) is 13.6. The van der Waals surface area contributed by atoms with Crippen LogP contribution in [-0.4, -0.2) is 0 Å². The Kier molecular flexibility index (Phi) is 30.6. The van der Waals surface area contributed by atoms with Gasteiger partial charge in [-0.05, 0) is 68.9 Å². The summed E-state index contributed by atoms with van der Waals surface area (Å²) in [6.45, 7) is 9.34. The van der Waals surface area contributed by atoms with Crippen molar-refractivity contribution in [2.24, 2.45) is 0 Å². The molecule has 0 bridgehead atoms. The number of rotatable bonds is 35. The maximum atomic E-state index is 2.34. The minimum absolute atomic E-state index is 1.36. The molecule has 0 unspecified atom stereocenters. The van der Waals surface area contributed by atoms with Crippen molar-refractivity contribution in [2.75, 3.05) is 0 Å². The Morgan fingerprint density at radius 3 is 0.705 bits per heavy atom. The topological polar surface area (TPSA) is 0 Å². The summed E-state index contributed by atoms with van der Waals surface area (Å²) in [5.74, 6) is 0. The van der Waals surface area contributed by atoms with Gasteiger partial charge in [-0.3, -0.25) is 0 Å². The van der Waals surface area contributed by atoms with Gasteiger partial charge in [-0.15, -0.1) is 0 Å². The van der Waals surface area contributed by atoms with Gasteiger partial charge in [-0.2, -0.15) is 0 Å². The van der Waals surface area contributed by atoms with Gasteiger partial charge in [0.1, 0.15) is 0 Å². The van der Waals surface area contributed by atoms with Gasteiger partial charge in [0.05, 0.1) is 0 Å². The van der Waals surface area contributed by atoms with Crippen molar-refractivity contribution in [3.05, 3.63) is 22.3 Å². The van der Waals surface area contributed by atoms with Crippen LogP contribution in [0.1, 0.15) is 259 Å². The van der Waals surface area contributed by atoms with E-state index in [1.165, 1.54) is 231 Å². The van der Waals surface area contributed by atoms with Crippen LogP contribution < -0.4 is 0 Å². The molecule has 1 aliphatic rings. The summed E-state index contributed by atoms with van der Waals surface area (Å²) in [5.41, 5.74) is 7.62. The number of hydrogen-bond acceptors (Lipinski definition) is 0. The minimum atomic E-state index is 1.36. The first-order valence-corrected chi connectivity index (χ1v) is 21.2. The third-order valence-corrected chi connectivity index (χ3v) is 10.6. The zero-order chi connectivity index (χ0) is 31.8. The van der Waals surface area contributed by atoms with E-state index in [2.05, 4.69) is 27.7 Å². The molecule has 0 amide bonds. The molecule has 0 saturated carbocycles. The van der Waals surface area contributed by atoms with Gasteiger partial charge in [0.15, 0.2) is 0 Å². The van der Waals surface area contributed by atoms with E-state index in [0.717, 1.165) is 0 Å². The maximum absolute atomic E-state index is 2.34. The van der Waals surface area contributed by atoms with Gasteiger partial charge in [-0.1, -0.05) is 212 Å². The summed E-state index contributed by atoms with van der Waals surface area (Å²) in [6.07, 6.45) is 51.7. The van der Waals surface area contributed by atoms with E-state index >= 15 is 0 Å². The van der Waals surface area contributed by atoms with Crippen molar-refractivity contribution in [1.29, 1.82) is 0 Å². The van der Waals surface area contributed by atoms with E-state index < -0.39 is 0 Å². The van der Waals surface area contributed by atoms with E-state index in [0.29, 0.717) is 0 Å². The molecule has 0 heteroatoms. The van der Waals surface area contributed by atoms with E-state index in [1.54, 1.807) is 0 Å². The number of allylic oxidation sites excluding steroid dienone is 4. The summed E-state index contributed by atoms with van der Waals surface area (Å²) >= 11 is 0. The molecule has 0 fully saturated rings. The fourth-order valence-corrected chi connectivity index (χ4v) is 7.67.